The molecule has 0 atom stereocenters. The number of nitrogens with one attached hydrogen (secondary N) is 1. The molecular formula is C11H11N3O4. The van der Waals surface area contributed by atoms with E-state index in [0.29, 0.717) is 5.76 Å². The SMILES string of the molecule is Cc1oc2nc[nH]c(=O)c2c1C(=O)N1CC(O)C1. The summed E-state index contributed by atoms with van der Waals surface area (Å²) in [6.07, 6.45) is 0.749. The largest absolute Gasteiger partial charge is 0.442 e. The molecule has 94 valence electrons. The Morgan fingerprint density at radius 3 is 3.00 bits per heavy atom. The standard InChI is InChI=1S/C11H11N3O4/c1-5-7(11(17)14-2-6(15)3-14)8-9(16)12-4-13-10(8)18-5/h4,6,15H,2-3H2,1H3,(H,12,13,16). The van der Waals surface area contributed by atoms with Crippen LogP contribution in [-0.2, 0) is 0 Å². The Balaban J connectivity index is 2.14. The van der Waals surface area contributed by atoms with Gasteiger partial charge in [-0.05, 0) is 6.92 Å². The van der Waals surface area contributed by atoms with Crippen LogP contribution in [0.3, 0.4) is 0 Å². The van der Waals surface area contributed by atoms with Crippen LogP contribution >= 0.6 is 0 Å². The van der Waals surface area contributed by atoms with Gasteiger partial charge in [-0.3, -0.25) is 9.59 Å². The summed E-state index contributed by atoms with van der Waals surface area (Å²) in [5, 5.41) is 9.37. The number of fused-ring (bicyclic) bond motifs is 1. The summed E-state index contributed by atoms with van der Waals surface area (Å²) in [5.41, 5.74) is -0.0202. The van der Waals surface area contributed by atoms with Crippen molar-refractivity contribution in [3.8, 4) is 0 Å². The van der Waals surface area contributed by atoms with Crippen molar-refractivity contribution >= 4 is 17.0 Å². The fourth-order valence-electron chi connectivity index (χ4n) is 2.09. The molecule has 1 saturated heterocycles. The number of H-pyrrole nitrogens is 1. The molecule has 2 N–H and O–H groups in total. The Morgan fingerprint density at radius 2 is 2.33 bits per heavy atom. The number of rotatable bonds is 1. The second-order valence-corrected chi connectivity index (χ2v) is 4.31. The monoisotopic (exact) mass is 249 g/mol. The van der Waals surface area contributed by atoms with Crippen molar-refractivity contribution in [2.24, 2.45) is 0 Å². The van der Waals surface area contributed by atoms with E-state index >= 15 is 0 Å². The topological polar surface area (TPSA) is 99.4 Å². The molecule has 2 aromatic heterocycles. The number of aliphatic hydroxyl groups excluding tert-OH is 1. The minimum Gasteiger partial charge on any atom is -0.442 e. The van der Waals surface area contributed by atoms with Crippen molar-refractivity contribution in [1.29, 1.82) is 0 Å². The first kappa shape index (κ1) is 11.0. The molecule has 2 aromatic rings. The van der Waals surface area contributed by atoms with Gasteiger partial charge in [0.2, 0.25) is 5.71 Å². The number of β-amino-alcohol motifs (C(OH)–C–C–N with tert-alkyl or cyclic N) is 1. The average molecular weight is 249 g/mol. The molecule has 0 spiro atoms. The van der Waals surface area contributed by atoms with Crippen LogP contribution in [0.15, 0.2) is 15.5 Å². The van der Waals surface area contributed by atoms with Crippen LogP contribution in [0.1, 0.15) is 16.1 Å². The Hall–Kier alpha value is -2.15. The summed E-state index contributed by atoms with van der Waals surface area (Å²) < 4.78 is 5.31. The van der Waals surface area contributed by atoms with E-state index in [1.165, 1.54) is 11.2 Å². The van der Waals surface area contributed by atoms with Crippen molar-refractivity contribution in [2.45, 2.75) is 13.0 Å². The Kier molecular flexibility index (Phi) is 2.24. The van der Waals surface area contributed by atoms with E-state index in [1.54, 1.807) is 6.92 Å². The molecule has 0 bridgehead atoms. The Morgan fingerprint density at radius 1 is 1.61 bits per heavy atom. The van der Waals surface area contributed by atoms with Gasteiger partial charge in [0.25, 0.3) is 11.5 Å². The van der Waals surface area contributed by atoms with E-state index in [2.05, 4.69) is 9.97 Å². The van der Waals surface area contributed by atoms with Crippen molar-refractivity contribution in [2.75, 3.05) is 13.1 Å². The number of aryl methyl sites for hydroxylation is 1. The van der Waals surface area contributed by atoms with Gasteiger partial charge in [0, 0.05) is 13.1 Å². The predicted octanol–water partition coefficient (Wildman–Crippen LogP) is -0.359. The lowest BCUT2D eigenvalue weighted by Crippen LogP contribution is -2.53. The van der Waals surface area contributed by atoms with E-state index in [0.717, 1.165) is 0 Å². The van der Waals surface area contributed by atoms with E-state index < -0.39 is 11.7 Å². The van der Waals surface area contributed by atoms with Crippen molar-refractivity contribution in [3.05, 3.63) is 28.0 Å². The van der Waals surface area contributed by atoms with Gasteiger partial charge in [0.15, 0.2) is 0 Å². The number of amides is 1. The van der Waals surface area contributed by atoms with Gasteiger partial charge < -0.3 is 19.4 Å². The first-order chi connectivity index (χ1) is 8.58. The van der Waals surface area contributed by atoms with Crippen LogP contribution < -0.4 is 5.56 Å². The summed E-state index contributed by atoms with van der Waals surface area (Å²) in [7, 11) is 0. The van der Waals surface area contributed by atoms with E-state index in [-0.39, 0.29) is 35.7 Å². The first-order valence-electron chi connectivity index (χ1n) is 5.52. The van der Waals surface area contributed by atoms with Crippen LogP contribution in [0.4, 0.5) is 0 Å². The molecule has 0 aliphatic carbocycles. The molecule has 0 saturated carbocycles. The maximum absolute atomic E-state index is 12.2. The summed E-state index contributed by atoms with van der Waals surface area (Å²) in [4.78, 5) is 31.7. The highest BCUT2D eigenvalue weighted by Crippen LogP contribution is 2.24. The normalized spacial score (nSPS) is 16.0. The molecule has 1 amide bonds. The highest BCUT2D eigenvalue weighted by atomic mass is 16.3. The van der Waals surface area contributed by atoms with E-state index in [4.69, 9.17) is 4.42 Å². The molecule has 7 nitrogen and oxygen atoms in total. The quantitative estimate of drug-likeness (QED) is 0.719. The Bertz CT molecular complexity index is 681. The molecule has 3 heterocycles. The number of furan rings is 1. The third kappa shape index (κ3) is 1.44. The third-order valence-electron chi connectivity index (χ3n) is 3.03. The average Bonchev–Trinajstić information content (AvgIpc) is 2.62. The van der Waals surface area contributed by atoms with E-state index in [9.17, 15) is 14.7 Å². The number of aliphatic hydroxyl groups is 1. The summed E-state index contributed by atoms with van der Waals surface area (Å²) in [6, 6.07) is 0. The minimum atomic E-state index is -0.483. The van der Waals surface area contributed by atoms with Gasteiger partial charge in [-0.1, -0.05) is 0 Å². The van der Waals surface area contributed by atoms with Crippen LogP contribution in [0.25, 0.3) is 11.1 Å². The van der Waals surface area contributed by atoms with Crippen molar-refractivity contribution in [1.82, 2.24) is 14.9 Å². The summed E-state index contributed by atoms with van der Waals surface area (Å²) in [6.45, 7) is 2.18. The molecular weight excluding hydrogens is 238 g/mol. The molecule has 1 fully saturated rings. The van der Waals surface area contributed by atoms with Gasteiger partial charge in [0.05, 0.1) is 18.0 Å². The number of aromatic amines is 1. The van der Waals surface area contributed by atoms with Gasteiger partial charge in [-0.2, -0.15) is 0 Å². The summed E-state index contributed by atoms with van der Waals surface area (Å²) >= 11 is 0. The van der Waals surface area contributed by atoms with Gasteiger partial charge >= 0.3 is 0 Å². The van der Waals surface area contributed by atoms with Crippen molar-refractivity contribution in [3.63, 3.8) is 0 Å². The fraction of sp³-hybridized carbons (Fsp3) is 0.364. The van der Waals surface area contributed by atoms with Crippen LogP contribution in [0, 0.1) is 6.92 Å². The number of hydrogen-bond donors (Lipinski definition) is 2. The molecule has 3 rings (SSSR count). The lowest BCUT2D eigenvalue weighted by Gasteiger charge is -2.35. The zero-order valence-electron chi connectivity index (χ0n) is 9.64. The molecule has 18 heavy (non-hydrogen) atoms. The number of nitrogens with zero attached hydrogens (tertiary/aromatic N) is 2. The molecule has 1 aliphatic rings. The predicted molar refractivity (Wildman–Crippen MR) is 61.3 cm³/mol. The number of aromatic nitrogens is 2. The van der Waals surface area contributed by atoms with Crippen molar-refractivity contribution < 1.29 is 14.3 Å². The second-order valence-electron chi connectivity index (χ2n) is 4.31. The minimum absolute atomic E-state index is 0.153. The number of carbonyl (C=O) groups excluding carboxylic acids is 1. The van der Waals surface area contributed by atoms with Gasteiger partial charge in [-0.25, -0.2) is 4.98 Å². The smallest absolute Gasteiger partial charge is 0.262 e. The lowest BCUT2D eigenvalue weighted by atomic mass is 10.1. The van der Waals surface area contributed by atoms with E-state index in [1.807, 2.05) is 0 Å². The maximum Gasteiger partial charge on any atom is 0.262 e. The van der Waals surface area contributed by atoms with Gasteiger partial charge in [0.1, 0.15) is 11.1 Å². The highest BCUT2D eigenvalue weighted by Gasteiger charge is 2.33. The molecule has 0 unspecified atom stereocenters. The Labute approximate surface area is 101 Å². The number of carbonyl (C=O) groups is 1. The first-order valence-corrected chi connectivity index (χ1v) is 5.52. The molecule has 0 aromatic carbocycles. The maximum atomic E-state index is 12.2. The van der Waals surface area contributed by atoms with Crippen LogP contribution in [-0.4, -0.2) is 45.1 Å². The fourth-order valence-corrected chi connectivity index (χ4v) is 2.09. The third-order valence-corrected chi connectivity index (χ3v) is 3.03. The van der Waals surface area contributed by atoms with Crippen LogP contribution in [0.2, 0.25) is 0 Å². The molecule has 0 radical (unpaired) electrons. The number of hydrogen-bond acceptors (Lipinski definition) is 5. The zero-order valence-corrected chi connectivity index (χ0v) is 9.64. The second kappa shape index (κ2) is 3.67. The van der Waals surface area contributed by atoms with Crippen LogP contribution in [0.5, 0.6) is 0 Å². The lowest BCUT2D eigenvalue weighted by molar-refractivity contribution is 0.00588. The molecule has 7 heteroatoms. The van der Waals surface area contributed by atoms with Gasteiger partial charge in [-0.15, -0.1) is 0 Å². The zero-order chi connectivity index (χ0) is 12.9. The molecule has 1 aliphatic heterocycles. The number of likely N-dealkylation sites (tertiary alicyclic amines) is 1. The highest BCUT2D eigenvalue weighted by molar-refractivity contribution is 6.06. The summed E-state index contributed by atoms with van der Waals surface area (Å²) in [5.74, 6) is 0.0515.